The molecule has 7 nitrogen and oxygen atoms in total. The van der Waals surface area contributed by atoms with Gasteiger partial charge in [0.2, 0.25) is 0 Å². The second-order valence-electron chi connectivity index (χ2n) is 10.3. The van der Waals surface area contributed by atoms with E-state index in [-0.39, 0.29) is 16.6 Å². The molecule has 40 heavy (non-hydrogen) atoms. The van der Waals surface area contributed by atoms with Crippen LogP contribution in [0.1, 0.15) is 96.8 Å². The fraction of sp³-hybridized carbons (Fsp3) is 0.469. The molecule has 3 aromatic rings. The Kier molecular flexibility index (Phi) is 13.3. The van der Waals surface area contributed by atoms with E-state index < -0.39 is 10.1 Å². The number of nitrogens with zero attached hydrogens (tertiary/aromatic N) is 2. The monoisotopic (exact) mass is 566 g/mol. The number of carbonyl (C=O) groups is 1. The second-order valence-corrected chi connectivity index (χ2v) is 11.7. The maximum absolute atomic E-state index is 12.5. The third kappa shape index (κ3) is 10.8. The van der Waals surface area contributed by atoms with Crippen LogP contribution in [0.5, 0.6) is 5.75 Å². The number of hydrogen-bond donors (Lipinski definition) is 1. The number of rotatable bonds is 18. The van der Waals surface area contributed by atoms with Gasteiger partial charge >= 0.3 is 5.97 Å². The molecule has 0 aliphatic carbocycles. The van der Waals surface area contributed by atoms with Crippen molar-refractivity contribution in [2.24, 2.45) is 10.2 Å². The van der Waals surface area contributed by atoms with E-state index in [0.29, 0.717) is 17.9 Å². The molecule has 0 spiro atoms. The Bertz CT molecular complexity index is 1350. The normalized spacial score (nSPS) is 11.8. The lowest BCUT2D eigenvalue weighted by molar-refractivity contribution is -0.134. The first-order valence-corrected chi connectivity index (χ1v) is 16.0. The van der Waals surface area contributed by atoms with Crippen LogP contribution in [0.15, 0.2) is 75.8 Å². The van der Waals surface area contributed by atoms with Gasteiger partial charge in [-0.05, 0) is 36.8 Å². The molecule has 3 aromatic carbocycles. The molecule has 216 valence electrons. The molecule has 0 aliphatic heterocycles. The van der Waals surface area contributed by atoms with Crippen LogP contribution in [0.2, 0.25) is 0 Å². The lowest BCUT2D eigenvalue weighted by Gasteiger charge is -2.09. The summed E-state index contributed by atoms with van der Waals surface area (Å²) in [6, 6.07) is 16.5. The minimum atomic E-state index is -4.33. The first-order chi connectivity index (χ1) is 19.4. The van der Waals surface area contributed by atoms with E-state index in [2.05, 4.69) is 17.2 Å². The molecule has 0 heterocycles. The topological polar surface area (TPSA) is 105 Å². The molecular weight excluding hydrogens is 524 g/mol. The molecule has 8 heteroatoms. The Morgan fingerprint density at radius 1 is 0.725 bits per heavy atom. The summed E-state index contributed by atoms with van der Waals surface area (Å²) in [5, 5.41) is 9.90. The van der Waals surface area contributed by atoms with Gasteiger partial charge in [0.25, 0.3) is 10.1 Å². The number of benzene rings is 3. The van der Waals surface area contributed by atoms with Crippen molar-refractivity contribution in [3.63, 3.8) is 0 Å². The second kappa shape index (κ2) is 16.9. The first-order valence-electron chi connectivity index (χ1n) is 14.6. The van der Waals surface area contributed by atoms with Crippen molar-refractivity contribution in [1.29, 1.82) is 0 Å². The van der Waals surface area contributed by atoms with E-state index in [1.807, 2.05) is 24.3 Å². The zero-order chi connectivity index (χ0) is 28.6. The smallest absolute Gasteiger partial charge is 0.311 e. The summed E-state index contributed by atoms with van der Waals surface area (Å²) in [4.78, 5) is 12.3. The molecule has 0 aliphatic rings. The van der Waals surface area contributed by atoms with Crippen molar-refractivity contribution in [2.45, 2.75) is 102 Å². The minimum Gasteiger partial charge on any atom is -0.426 e. The quantitative estimate of drug-likeness (QED) is 0.0542. The Morgan fingerprint density at radius 3 is 1.95 bits per heavy atom. The summed E-state index contributed by atoms with van der Waals surface area (Å²) in [5.74, 6) is 0.229. The molecule has 0 saturated heterocycles. The van der Waals surface area contributed by atoms with Gasteiger partial charge in [-0.2, -0.15) is 13.5 Å². The van der Waals surface area contributed by atoms with Gasteiger partial charge in [0.1, 0.15) is 5.75 Å². The number of unbranched alkanes of at least 4 members (excludes halogenated alkanes) is 12. The molecule has 0 atom stereocenters. The lowest BCUT2D eigenvalue weighted by Crippen LogP contribution is -2.07. The van der Waals surface area contributed by atoms with Crippen LogP contribution in [0.3, 0.4) is 0 Å². The van der Waals surface area contributed by atoms with Crippen molar-refractivity contribution >= 4 is 38.2 Å². The number of carbonyl (C=O) groups excluding carboxylic acids is 1. The predicted octanol–water partition coefficient (Wildman–Crippen LogP) is 9.89. The van der Waals surface area contributed by atoms with Crippen molar-refractivity contribution in [1.82, 2.24) is 0 Å². The summed E-state index contributed by atoms with van der Waals surface area (Å²) in [6.07, 6.45) is 16.7. The fourth-order valence-corrected chi connectivity index (χ4v) is 5.23. The van der Waals surface area contributed by atoms with Crippen molar-refractivity contribution in [2.75, 3.05) is 0 Å². The Hall–Kier alpha value is -3.10. The SMILES string of the molecule is CCCCCCCCCCCCCCCC(=O)Oc1ccc(N=Nc2cccc(S(=O)(=O)O)c2)c2ccccc12. The Morgan fingerprint density at radius 2 is 1.32 bits per heavy atom. The van der Waals surface area contributed by atoms with E-state index in [0.717, 1.165) is 30.0 Å². The molecule has 0 bridgehead atoms. The van der Waals surface area contributed by atoms with Gasteiger partial charge in [-0.15, -0.1) is 5.11 Å². The van der Waals surface area contributed by atoms with E-state index in [4.69, 9.17) is 4.74 Å². The molecule has 3 rings (SSSR count). The van der Waals surface area contributed by atoms with Gasteiger partial charge in [-0.25, -0.2) is 0 Å². The summed E-state index contributed by atoms with van der Waals surface area (Å²) in [6.45, 7) is 2.25. The minimum absolute atomic E-state index is 0.246. The maximum Gasteiger partial charge on any atom is 0.311 e. The van der Waals surface area contributed by atoms with Crippen molar-refractivity contribution in [3.8, 4) is 5.75 Å². The standard InChI is InChI=1S/C32H42N2O5S/c1-2-3-4-5-6-7-8-9-10-11-12-13-14-22-32(35)39-31-24-23-30(28-20-15-16-21-29(28)31)34-33-26-18-17-19-27(25-26)40(36,37)38/h15-21,23-25H,2-14,22H2,1H3,(H,36,37,38). The van der Waals surface area contributed by atoms with Crippen LogP contribution in [0, 0.1) is 0 Å². The third-order valence-electron chi connectivity index (χ3n) is 6.96. The molecule has 0 unspecified atom stereocenters. The highest BCUT2D eigenvalue weighted by Crippen LogP contribution is 2.34. The van der Waals surface area contributed by atoms with Crippen LogP contribution in [0.4, 0.5) is 11.4 Å². The molecule has 0 saturated carbocycles. The summed E-state index contributed by atoms with van der Waals surface area (Å²) >= 11 is 0. The average Bonchev–Trinajstić information content (AvgIpc) is 2.95. The van der Waals surface area contributed by atoms with Crippen LogP contribution >= 0.6 is 0 Å². The van der Waals surface area contributed by atoms with Gasteiger partial charge in [-0.3, -0.25) is 9.35 Å². The van der Waals surface area contributed by atoms with Crippen molar-refractivity contribution < 1.29 is 22.5 Å². The molecule has 1 N–H and O–H groups in total. The van der Waals surface area contributed by atoms with Gasteiger partial charge in [0.05, 0.1) is 16.3 Å². The number of esters is 1. The zero-order valence-corrected chi connectivity index (χ0v) is 24.4. The number of azo groups is 1. The van der Waals surface area contributed by atoms with E-state index in [9.17, 15) is 17.8 Å². The number of hydrogen-bond acceptors (Lipinski definition) is 6. The summed E-state index contributed by atoms with van der Waals surface area (Å²) < 4.78 is 37.7. The van der Waals surface area contributed by atoms with Crippen LogP contribution in [-0.4, -0.2) is 18.9 Å². The zero-order valence-electron chi connectivity index (χ0n) is 23.6. The van der Waals surface area contributed by atoms with Gasteiger partial charge in [-0.1, -0.05) is 114 Å². The molecule has 0 aromatic heterocycles. The maximum atomic E-state index is 12.5. The predicted molar refractivity (Wildman–Crippen MR) is 160 cm³/mol. The first kappa shape index (κ1) is 31.4. The highest BCUT2D eigenvalue weighted by atomic mass is 32.2. The molecule has 0 radical (unpaired) electrons. The lowest BCUT2D eigenvalue weighted by atomic mass is 10.0. The average molecular weight is 567 g/mol. The van der Waals surface area contributed by atoms with Crippen molar-refractivity contribution in [3.05, 3.63) is 60.7 Å². The molecular formula is C32H42N2O5S. The number of ether oxygens (including phenoxy) is 1. The highest BCUT2D eigenvalue weighted by molar-refractivity contribution is 7.85. The highest BCUT2D eigenvalue weighted by Gasteiger charge is 2.12. The summed E-state index contributed by atoms with van der Waals surface area (Å²) in [5.41, 5.74) is 0.830. The van der Waals surface area contributed by atoms with Crippen LogP contribution in [0.25, 0.3) is 10.8 Å². The largest absolute Gasteiger partial charge is 0.426 e. The van der Waals surface area contributed by atoms with E-state index >= 15 is 0 Å². The summed E-state index contributed by atoms with van der Waals surface area (Å²) in [7, 11) is -4.33. The Balaban J connectivity index is 1.44. The van der Waals surface area contributed by atoms with Crippen LogP contribution in [-0.2, 0) is 14.9 Å². The van der Waals surface area contributed by atoms with Gasteiger partial charge in [0.15, 0.2) is 0 Å². The Labute approximate surface area is 238 Å². The molecule has 0 fully saturated rings. The van der Waals surface area contributed by atoms with Gasteiger partial charge < -0.3 is 4.74 Å². The van der Waals surface area contributed by atoms with E-state index in [1.165, 1.54) is 82.4 Å². The fourth-order valence-electron chi connectivity index (χ4n) is 4.71. The van der Waals surface area contributed by atoms with Gasteiger partial charge in [0, 0.05) is 17.2 Å². The number of fused-ring (bicyclic) bond motifs is 1. The van der Waals surface area contributed by atoms with E-state index in [1.54, 1.807) is 18.2 Å². The molecule has 0 amide bonds. The van der Waals surface area contributed by atoms with Crippen LogP contribution < -0.4 is 4.74 Å². The third-order valence-corrected chi connectivity index (χ3v) is 7.81.